The van der Waals surface area contributed by atoms with E-state index < -0.39 is 12.0 Å². The Balaban J connectivity index is 1.45. The molecule has 0 aromatic heterocycles. The predicted octanol–water partition coefficient (Wildman–Crippen LogP) is 4.12. The number of carboxylic acids is 1. The van der Waals surface area contributed by atoms with Gasteiger partial charge in [-0.2, -0.15) is 0 Å². The quantitative estimate of drug-likeness (QED) is 0.611. The highest BCUT2D eigenvalue weighted by Crippen LogP contribution is 2.22. The third-order valence-corrected chi connectivity index (χ3v) is 5.40. The average molecular weight is 408 g/mol. The summed E-state index contributed by atoms with van der Waals surface area (Å²) in [7, 11) is 0. The number of aryl methyl sites for hydroxylation is 1. The summed E-state index contributed by atoms with van der Waals surface area (Å²) >= 11 is 0. The number of carbonyl (C=O) groups is 3. The monoisotopic (exact) mass is 408 g/mol. The maximum atomic E-state index is 12.7. The lowest BCUT2D eigenvalue weighted by molar-refractivity contribution is -0.141. The molecular weight excluding hydrogens is 380 g/mol. The zero-order valence-electron chi connectivity index (χ0n) is 17.0. The topological polar surface area (TPSA) is 86.7 Å². The van der Waals surface area contributed by atoms with Crippen LogP contribution in [0, 0.1) is 0 Å². The Kier molecular flexibility index (Phi) is 7.60. The second-order valence-corrected chi connectivity index (χ2v) is 7.67. The van der Waals surface area contributed by atoms with Gasteiger partial charge in [-0.1, -0.05) is 42.8 Å². The highest BCUT2D eigenvalue weighted by atomic mass is 16.4. The first-order valence-corrected chi connectivity index (χ1v) is 10.5. The van der Waals surface area contributed by atoms with Gasteiger partial charge in [-0.05, 0) is 55.9 Å². The molecule has 1 saturated heterocycles. The molecule has 158 valence electrons. The van der Waals surface area contributed by atoms with Crippen LogP contribution in [-0.2, 0) is 16.0 Å². The average Bonchev–Trinajstić information content (AvgIpc) is 3.24. The number of rotatable bonds is 9. The van der Waals surface area contributed by atoms with Gasteiger partial charge in [0.05, 0.1) is 0 Å². The molecule has 0 aliphatic carbocycles. The van der Waals surface area contributed by atoms with Gasteiger partial charge in [0.2, 0.25) is 5.91 Å². The van der Waals surface area contributed by atoms with E-state index >= 15 is 0 Å². The van der Waals surface area contributed by atoms with E-state index in [9.17, 15) is 19.5 Å². The van der Waals surface area contributed by atoms with E-state index in [0.717, 1.165) is 25.7 Å². The maximum Gasteiger partial charge on any atom is 0.326 e. The summed E-state index contributed by atoms with van der Waals surface area (Å²) in [4.78, 5) is 37.7. The number of aliphatic carboxylic acids is 1. The number of anilines is 1. The summed E-state index contributed by atoms with van der Waals surface area (Å²) in [6, 6.07) is 16.2. The second-order valence-electron chi connectivity index (χ2n) is 7.67. The van der Waals surface area contributed by atoms with Crippen LogP contribution < -0.4 is 5.32 Å². The molecular formula is C24H28N2O4. The number of carbonyl (C=O) groups excluding carboxylic acids is 2. The molecule has 1 fully saturated rings. The van der Waals surface area contributed by atoms with Gasteiger partial charge in [-0.15, -0.1) is 0 Å². The fourth-order valence-corrected chi connectivity index (χ4v) is 3.82. The van der Waals surface area contributed by atoms with Gasteiger partial charge in [0.15, 0.2) is 0 Å². The molecule has 6 nitrogen and oxygen atoms in total. The van der Waals surface area contributed by atoms with E-state index in [4.69, 9.17) is 0 Å². The van der Waals surface area contributed by atoms with Gasteiger partial charge < -0.3 is 15.3 Å². The fraction of sp³-hybridized carbons (Fsp3) is 0.375. The Labute approximate surface area is 176 Å². The van der Waals surface area contributed by atoms with Gasteiger partial charge in [-0.3, -0.25) is 9.59 Å². The number of benzene rings is 2. The van der Waals surface area contributed by atoms with Crippen LogP contribution in [0.3, 0.4) is 0 Å². The van der Waals surface area contributed by atoms with Crippen molar-refractivity contribution < 1.29 is 19.5 Å². The molecule has 2 aromatic carbocycles. The van der Waals surface area contributed by atoms with Crippen molar-refractivity contribution in [1.29, 1.82) is 0 Å². The first-order chi connectivity index (χ1) is 14.5. The lowest BCUT2D eigenvalue weighted by atomic mass is 10.1. The summed E-state index contributed by atoms with van der Waals surface area (Å²) in [6.07, 6.45) is 5.44. The number of nitrogens with one attached hydrogen (secondary N) is 1. The Bertz CT molecular complexity index is 882. The number of likely N-dealkylation sites (tertiary alicyclic amines) is 1. The fourth-order valence-electron chi connectivity index (χ4n) is 3.82. The zero-order chi connectivity index (χ0) is 21.3. The smallest absolute Gasteiger partial charge is 0.326 e. The van der Waals surface area contributed by atoms with Crippen LogP contribution >= 0.6 is 0 Å². The third kappa shape index (κ3) is 5.92. The van der Waals surface area contributed by atoms with E-state index in [-0.39, 0.29) is 11.8 Å². The van der Waals surface area contributed by atoms with Crippen LogP contribution in [-0.4, -0.2) is 40.4 Å². The van der Waals surface area contributed by atoms with E-state index in [0.29, 0.717) is 37.1 Å². The molecule has 0 spiro atoms. The third-order valence-electron chi connectivity index (χ3n) is 5.40. The van der Waals surface area contributed by atoms with Crippen LogP contribution in [0.15, 0.2) is 54.6 Å². The molecule has 3 rings (SSSR count). The molecule has 1 heterocycles. The SMILES string of the molecule is O=C(CCCCCc1ccccc1)Nc1cccc(C(=O)N2CCC[C@H]2C(=O)O)c1. The van der Waals surface area contributed by atoms with Crippen molar-refractivity contribution >= 4 is 23.5 Å². The number of hydrogen-bond acceptors (Lipinski definition) is 3. The molecule has 0 bridgehead atoms. The van der Waals surface area contributed by atoms with Crippen molar-refractivity contribution in [3.05, 3.63) is 65.7 Å². The number of amides is 2. The Morgan fingerprint density at radius 1 is 1.00 bits per heavy atom. The van der Waals surface area contributed by atoms with Crippen molar-refractivity contribution in [2.24, 2.45) is 0 Å². The summed E-state index contributed by atoms with van der Waals surface area (Å²) in [5.41, 5.74) is 2.26. The molecule has 2 aromatic rings. The number of hydrogen-bond donors (Lipinski definition) is 2. The zero-order valence-corrected chi connectivity index (χ0v) is 17.0. The van der Waals surface area contributed by atoms with Crippen LogP contribution in [0.25, 0.3) is 0 Å². The van der Waals surface area contributed by atoms with E-state index in [1.807, 2.05) is 18.2 Å². The number of nitrogens with zero attached hydrogens (tertiary/aromatic N) is 1. The van der Waals surface area contributed by atoms with Gasteiger partial charge >= 0.3 is 5.97 Å². The summed E-state index contributed by atoms with van der Waals surface area (Å²) in [5.74, 6) is -1.36. The van der Waals surface area contributed by atoms with Crippen molar-refractivity contribution in [1.82, 2.24) is 4.90 Å². The molecule has 2 N–H and O–H groups in total. The standard InChI is InChI=1S/C24H28N2O4/c27-22(15-6-2-5-11-18-9-3-1-4-10-18)25-20-13-7-12-19(17-20)23(28)26-16-8-14-21(26)24(29)30/h1,3-4,7,9-10,12-13,17,21H,2,5-6,8,11,14-16H2,(H,25,27)(H,29,30)/t21-/m0/s1. The van der Waals surface area contributed by atoms with Gasteiger partial charge in [0.25, 0.3) is 5.91 Å². The minimum atomic E-state index is -0.974. The number of unbranched alkanes of at least 4 members (excludes halogenated alkanes) is 2. The lowest BCUT2D eigenvalue weighted by Gasteiger charge is -2.21. The molecule has 2 amide bonds. The first-order valence-electron chi connectivity index (χ1n) is 10.5. The largest absolute Gasteiger partial charge is 0.480 e. The van der Waals surface area contributed by atoms with Crippen LogP contribution in [0.4, 0.5) is 5.69 Å². The molecule has 0 saturated carbocycles. The van der Waals surface area contributed by atoms with Gasteiger partial charge in [0.1, 0.15) is 6.04 Å². The Morgan fingerprint density at radius 2 is 1.80 bits per heavy atom. The van der Waals surface area contributed by atoms with Gasteiger partial charge in [-0.25, -0.2) is 4.79 Å². The molecule has 1 aliphatic rings. The Hall–Kier alpha value is -3.15. The molecule has 0 radical (unpaired) electrons. The molecule has 1 atom stereocenters. The molecule has 1 aliphatic heterocycles. The molecule has 6 heteroatoms. The second kappa shape index (κ2) is 10.6. The number of carboxylic acid groups (broad SMARTS) is 1. The maximum absolute atomic E-state index is 12.7. The first kappa shape index (κ1) is 21.6. The normalized spacial score (nSPS) is 15.7. The van der Waals surface area contributed by atoms with Crippen molar-refractivity contribution in [2.75, 3.05) is 11.9 Å². The van der Waals surface area contributed by atoms with E-state index in [2.05, 4.69) is 17.4 Å². The summed E-state index contributed by atoms with van der Waals surface area (Å²) in [5, 5.41) is 12.1. The summed E-state index contributed by atoms with van der Waals surface area (Å²) < 4.78 is 0. The van der Waals surface area contributed by atoms with Crippen LogP contribution in [0.1, 0.15) is 54.4 Å². The molecule has 30 heavy (non-hydrogen) atoms. The van der Waals surface area contributed by atoms with E-state index in [1.54, 1.807) is 24.3 Å². The minimum absolute atomic E-state index is 0.0797. The van der Waals surface area contributed by atoms with Crippen molar-refractivity contribution in [3.63, 3.8) is 0 Å². The minimum Gasteiger partial charge on any atom is -0.480 e. The van der Waals surface area contributed by atoms with E-state index in [1.165, 1.54) is 10.5 Å². The van der Waals surface area contributed by atoms with Crippen molar-refractivity contribution in [2.45, 2.75) is 51.0 Å². The summed E-state index contributed by atoms with van der Waals surface area (Å²) in [6.45, 7) is 0.440. The molecule has 0 unspecified atom stereocenters. The van der Waals surface area contributed by atoms with Gasteiger partial charge in [0, 0.05) is 24.2 Å². The van der Waals surface area contributed by atoms with Crippen LogP contribution in [0.2, 0.25) is 0 Å². The van der Waals surface area contributed by atoms with Crippen molar-refractivity contribution in [3.8, 4) is 0 Å². The highest BCUT2D eigenvalue weighted by Gasteiger charge is 2.34. The predicted molar refractivity (Wildman–Crippen MR) is 115 cm³/mol. The lowest BCUT2D eigenvalue weighted by Crippen LogP contribution is -2.40. The Morgan fingerprint density at radius 3 is 2.57 bits per heavy atom. The van der Waals surface area contributed by atoms with Crippen LogP contribution in [0.5, 0.6) is 0 Å². The highest BCUT2D eigenvalue weighted by molar-refractivity contribution is 5.99.